The van der Waals surface area contributed by atoms with E-state index in [1.165, 1.54) is 42.4 Å². The maximum Gasteiger partial charge on any atom is 0.0522 e. The van der Waals surface area contributed by atoms with Gasteiger partial charge in [0.05, 0.1) is 6.20 Å². The van der Waals surface area contributed by atoms with E-state index < -0.39 is 0 Å². The fraction of sp³-hybridized carbons (Fsp3) is 0.562. The van der Waals surface area contributed by atoms with E-state index in [1.807, 2.05) is 17.9 Å². The highest BCUT2D eigenvalue weighted by Gasteiger charge is 2.18. The number of nitrogens with one attached hydrogen (secondary N) is 1. The molecule has 2 heterocycles. The Balaban J connectivity index is 1.72. The molecule has 0 radical (unpaired) electrons. The molecule has 1 atom stereocenters. The van der Waals surface area contributed by atoms with Crippen LogP contribution in [-0.4, -0.2) is 21.4 Å². The zero-order valence-corrected chi connectivity index (χ0v) is 12.5. The van der Waals surface area contributed by atoms with Crippen LogP contribution in [0.5, 0.6) is 0 Å². The number of aromatic nitrogens is 3. The van der Waals surface area contributed by atoms with Crippen molar-refractivity contribution in [3.05, 3.63) is 41.5 Å². The second kappa shape index (κ2) is 5.83. The minimum atomic E-state index is 0.534. The summed E-state index contributed by atoms with van der Waals surface area (Å²) in [6, 6.07) is 0.534. The van der Waals surface area contributed by atoms with Crippen LogP contribution in [0.15, 0.2) is 24.8 Å². The van der Waals surface area contributed by atoms with Gasteiger partial charge in [0.2, 0.25) is 0 Å². The van der Waals surface area contributed by atoms with Crippen molar-refractivity contribution >= 4 is 0 Å². The fourth-order valence-electron chi connectivity index (χ4n) is 3.20. The first kappa shape index (κ1) is 13.4. The summed E-state index contributed by atoms with van der Waals surface area (Å²) in [5.74, 6) is 0. The molecule has 0 aromatic carbocycles. The molecule has 0 aliphatic heterocycles. The number of aryl methyl sites for hydroxylation is 4. The minimum absolute atomic E-state index is 0.534. The fourth-order valence-corrected chi connectivity index (χ4v) is 3.20. The molecule has 1 aliphatic carbocycles. The SMILES string of the molecule is CNC1CCCCc2cn(CCc3cnn(C)c3)cc21. The lowest BCUT2D eigenvalue weighted by Gasteiger charge is -2.13. The van der Waals surface area contributed by atoms with Crippen LogP contribution >= 0.6 is 0 Å². The minimum Gasteiger partial charge on any atom is -0.353 e. The summed E-state index contributed by atoms with van der Waals surface area (Å²) >= 11 is 0. The Kier molecular flexibility index (Phi) is 3.92. The molecule has 0 spiro atoms. The first-order chi connectivity index (χ1) is 9.76. The van der Waals surface area contributed by atoms with E-state index >= 15 is 0 Å². The van der Waals surface area contributed by atoms with Gasteiger partial charge in [-0.15, -0.1) is 0 Å². The molecule has 3 rings (SSSR count). The van der Waals surface area contributed by atoms with E-state index in [0.29, 0.717) is 6.04 Å². The van der Waals surface area contributed by atoms with E-state index in [1.54, 1.807) is 0 Å². The summed E-state index contributed by atoms with van der Waals surface area (Å²) in [5, 5.41) is 7.69. The molecule has 0 saturated carbocycles. The highest BCUT2D eigenvalue weighted by molar-refractivity contribution is 5.29. The van der Waals surface area contributed by atoms with Crippen molar-refractivity contribution in [3.63, 3.8) is 0 Å². The molecule has 2 aromatic rings. The molecule has 20 heavy (non-hydrogen) atoms. The van der Waals surface area contributed by atoms with Crippen molar-refractivity contribution in [1.29, 1.82) is 0 Å². The Labute approximate surface area is 120 Å². The molecule has 2 aromatic heterocycles. The molecular formula is C16H24N4. The van der Waals surface area contributed by atoms with E-state index in [-0.39, 0.29) is 0 Å². The van der Waals surface area contributed by atoms with Gasteiger partial charge in [0.25, 0.3) is 0 Å². The van der Waals surface area contributed by atoms with Crippen molar-refractivity contribution in [3.8, 4) is 0 Å². The van der Waals surface area contributed by atoms with Crippen molar-refractivity contribution < 1.29 is 0 Å². The average Bonchev–Trinajstić information content (AvgIpc) is 2.99. The van der Waals surface area contributed by atoms with Crippen molar-refractivity contribution in [2.75, 3.05) is 7.05 Å². The number of fused-ring (bicyclic) bond motifs is 1. The Morgan fingerprint density at radius 2 is 2.20 bits per heavy atom. The second-order valence-electron chi connectivity index (χ2n) is 5.84. The van der Waals surface area contributed by atoms with Gasteiger partial charge in [-0.1, -0.05) is 6.42 Å². The first-order valence-electron chi connectivity index (χ1n) is 7.59. The third-order valence-corrected chi connectivity index (χ3v) is 4.33. The summed E-state index contributed by atoms with van der Waals surface area (Å²) < 4.78 is 4.23. The number of hydrogen-bond donors (Lipinski definition) is 1. The number of hydrogen-bond acceptors (Lipinski definition) is 2. The average molecular weight is 272 g/mol. The normalized spacial score (nSPS) is 18.8. The highest BCUT2D eigenvalue weighted by Crippen LogP contribution is 2.29. The summed E-state index contributed by atoms with van der Waals surface area (Å²) in [4.78, 5) is 0. The number of rotatable bonds is 4. The van der Waals surface area contributed by atoms with Gasteiger partial charge in [-0.3, -0.25) is 4.68 Å². The molecule has 1 N–H and O–H groups in total. The maximum atomic E-state index is 4.23. The van der Waals surface area contributed by atoms with Crippen LogP contribution in [-0.2, 0) is 26.4 Å². The lowest BCUT2D eigenvalue weighted by molar-refractivity contribution is 0.530. The quantitative estimate of drug-likeness (QED) is 0.868. The lowest BCUT2D eigenvalue weighted by Crippen LogP contribution is -2.15. The molecule has 108 valence electrons. The zero-order chi connectivity index (χ0) is 13.9. The molecule has 0 fully saturated rings. The Morgan fingerprint density at radius 3 is 2.95 bits per heavy atom. The van der Waals surface area contributed by atoms with E-state index in [9.17, 15) is 0 Å². The van der Waals surface area contributed by atoms with Crippen LogP contribution in [0.4, 0.5) is 0 Å². The first-order valence-corrected chi connectivity index (χ1v) is 7.59. The largest absolute Gasteiger partial charge is 0.353 e. The summed E-state index contributed by atoms with van der Waals surface area (Å²) in [7, 11) is 4.05. The van der Waals surface area contributed by atoms with Crippen molar-refractivity contribution in [1.82, 2.24) is 19.7 Å². The highest BCUT2D eigenvalue weighted by atomic mass is 15.2. The van der Waals surface area contributed by atoms with Crippen LogP contribution in [0.1, 0.15) is 42.0 Å². The van der Waals surface area contributed by atoms with E-state index in [0.717, 1.165) is 13.0 Å². The van der Waals surface area contributed by atoms with Gasteiger partial charge in [-0.2, -0.15) is 5.10 Å². The summed E-state index contributed by atoms with van der Waals surface area (Å²) in [5.41, 5.74) is 4.35. The molecule has 0 saturated heterocycles. The monoisotopic (exact) mass is 272 g/mol. The van der Waals surface area contributed by atoms with Crippen LogP contribution < -0.4 is 5.32 Å². The van der Waals surface area contributed by atoms with Gasteiger partial charge < -0.3 is 9.88 Å². The summed E-state index contributed by atoms with van der Waals surface area (Å²) in [6.45, 7) is 1.04. The number of nitrogens with zero attached hydrogens (tertiary/aromatic N) is 3. The molecule has 0 amide bonds. The third-order valence-electron chi connectivity index (χ3n) is 4.33. The molecule has 0 bridgehead atoms. The predicted molar refractivity (Wildman–Crippen MR) is 80.7 cm³/mol. The maximum absolute atomic E-state index is 4.23. The molecule has 4 heteroatoms. The standard InChI is InChI=1S/C16H24N4/c1-17-16-6-4-3-5-14-11-20(12-15(14)16)8-7-13-9-18-19(2)10-13/h9-12,16-17H,3-8H2,1-2H3. The van der Waals surface area contributed by atoms with Gasteiger partial charge in [0, 0.05) is 38.2 Å². The predicted octanol–water partition coefficient (Wildman–Crippen LogP) is 2.45. The topological polar surface area (TPSA) is 34.8 Å². The van der Waals surface area contributed by atoms with Gasteiger partial charge in [-0.05, 0) is 49.4 Å². The Hall–Kier alpha value is -1.55. The second-order valence-corrected chi connectivity index (χ2v) is 5.84. The lowest BCUT2D eigenvalue weighted by atomic mass is 10.1. The third kappa shape index (κ3) is 2.80. The van der Waals surface area contributed by atoms with E-state index in [4.69, 9.17) is 0 Å². The molecular weight excluding hydrogens is 248 g/mol. The molecule has 1 aliphatic rings. The Morgan fingerprint density at radius 1 is 1.30 bits per heavy atom. The van der Waals surface area contributed by atoms with Crippen molar-refractivity contribution in [2.45, 2.75) is 44.7 Å². The molecule has 1 unspecified atom stereocenters. The van der Waals surface area contributed by atoms with Crippen LogP contribution in [0.25, 0.3) is 0 Å². The summed E-state index contributed by atoms with van der Waals surface area (Å²) in [6.07, 6.45) is 14.9. The zero-order valence-electron chi connectivity index (χ0n) is 12.5. The van der Waals surface area contributed by atoms with Gasteiger partial charge in [-0.25, -0.2) is 0 Å². The molecule has 4 nitrogen and oxygen atoms in total. The smallest absolute Gasteiger partial charge is 0.0522 e. The van der Waals surface area contributed by atoms with Crippen LogP contribution in [0.3, 0.4) is 0 Å². The van der Waals surface area contributed by atoms with Gasteiger partial charge in [0.1, 0.15) is 0 Å². The van der Waals surface area contributed by atoms with Crippen molar-refractivity contribution in [2.24, 2.45) is 7.05 Å². The Bertz CT molecular complexity index is 567. The van der Waals surface area contributed by atoms with Crippen LogP contribution in [0.2, 0.25) is 0 Å². The van der Waals surface area contributed by atoms with Gasteiger partial charge in [0.15, 0.2) is 0 Å². The van der Waals surface area contributed by atoms with Gasteiger partial charge >= 0.3 is 0 Å². The van der Waals surface area contributed by atoms with Crippen LogP contribution in [0, 0.1) is 0 Å². The van der Waals surface area contributed by atoms with E-state index in [2.05, 4.69) is 40.6 Å².